The molecule has 5 nitrogen and oxygen atoms in total. The van der Waals surface area contributed by atoms with Crippen LogP contribution in [0, 0.1) is 6.92 Å². The minimum absolute atomic E-state index is 0.0701. The zero-order chi connectivity index (χ0) is 14.5. The van der Waals surface area contributed by atoms with E-state index >= 15 is 0 Å². The van der Waals surface area contributed by atoms with Crippen molar-refractivity contribution in [3.8, 4) is 5.69 Å². The van der Waals surface area contributed by atoms with Crippen molar-refractivity contribution in [2.45, 2.75) is 20.3 Å². The molecule has 0 spiro atoms. The SMILES string of the molecule is CCc1c(C(=O)NCCO)cnn1-c1ccc(C)cc1. The fraction of sp³-hybridized carbons (Fsp3) is 0.333. The highest BCUT2D eigenvalue weighted by Gasteiger charge is 2.16. The van der Waals surface area contributed by atoms with Crippen molar-refractivity contribution < 1.29 is 9.90 Å². The number of rotatable bonds is 5. The van der Waals surface area contributed by atoms with Gasteiger partial charge < -0.3 is 10.4 Å². The Morgan fingerprint density at radius 2 is 2.05 bits per heavy atom. The van der Waals surface area contributed by atoms with Gasteiger partial charge in [0.1, 0.15) is 0 Å². The van der Waals surface area contributed by atoms with Gasteiger partial charge in [-0.1, -0.05) is 24.6 Å². The van der Waals surface area contributed by atoms with Crippen LogP contribution in [0.25, 0.3) is 5.69 Å². The van der Waals surface area contributed by atoms with Crippen LogP contribution in [-0.2, 0) is 6.42 Å². The van der Waals surface area contributed by atoms with Crippen molar-refractivity contribution in [1.29, 1.82) is 0 Å². The highest BCUT2D eigenvalue weighted by atomic mass is 16.3. The number of aliphatic hydroxyl groups excluding tert-OH is 1. The summed E-state index contributed by atoms with van der Waals surface area (Å²) in [7, 11) is 0. The molecule has 1 aromatic heterocycles. The van der Waals surface area contributed by atoms with Gasteiger partial charge in [-0.15, -0.1) is 0 Å². The number of benzene rings is 1. The zero-order valence-electron chi connectivity index (χ0n) is 11.8. The monoisotopic (exact) mass is 273 g/mol. The third-order valence-electron chi connectivity index (χ3n) is 3.12. The number of aliphatic hydroxyl groups is 1. The first kappa shape index (κ1) is 14.3. The third-order valence-corrected chi connectivity index (χ3v) is 3.12. The molecule has 2 N–H and O–H groups in total. The highest BCUT2D eigenvalue weighted by Crippen LogP contribution is 2.16. The predicted molar refractivity (Wildman–Crippen MR) is 77.1 cm³/mol. The van der Waals surface area contributed by atoms with Crippen molar-refractivity contribution >= 4 is 5.91 Å². The van der Waals surface area contributed by atoms with E-state index in [9.17, 15) is 4.79 Å². The molecule has 1 amide bonds. The summed E-state index contributed by atoms with van der Waals surface area (Å²) >= 11 is 0. The first-order valence-electron chi connectivity index (χ1n) is 6.70. The van der Waals surface area contributed by atoms with Crippen molar-refractivity contribution in [3.63, 3.8) is 0 Å². The Morgan fingerprint density at radius 3 is 2.65 bits per heavy atom. The average molecular weight is 273 g/mol. The lowest BCUT2D eigenvalue weighted by Gasteiger charge is -2.08. The molecule has 0 radical (unpaired) electrons. The minimum Gasteiger partial charge on any atom is -0.395 e. The van der Waals surface area contributed by atoms with E-state index in [1.807, 2.05) is 38.1 Å². The topological polar surface area (TPSA) is 67.2 Å². The Balaban J connectivity index is 2.34. The summed E-state index contributed by atoms with van der Waals surface area (Å²) in [5, 5.41) is 15.7. The van der Waals surface area contributed by atoms with Gasteiger partial charge in [0.25, 0.3) is 5.91 Å². The molecule has 0 saturated carbocycles. The van der Waals surface area contributed by atoms with Crippen LogP contribution in [0.4, 0.5) is 0 Å². The second-order valence-electron chi connectivity index (χ2n) is 4.59. The highest BCUT2D eigenvalue weighted by molar-refractivity contribution is 5.95. The summed E-state index contributed by atoms with van der Waals surface area (Å²) in [6.07, 6.45) is 2.28. The molecule has 1 heterocycles. The largest absolute Gasteiger partial charge is 0.395 e. The quantitative estimate of drug-likeness (QED) is 0.866. The number of nitrogens with one attached hydrogen (secondary N) is 1. The third kappa shape index (κ3) is 2.88. The van der Waals surface area contributed by atoms with E-state index in [1.54, 1.807) is 10.9 Å². The van der Waals surface area contributed by atoms with Gasteiger partial charge >= 0.3 is 0 Å². The number of aryl methyl sites for hydroxylation is 1. The van der Waals surface area contributed by atoms with E-state index in [4.69, 9.17) is 5.11 Å². The van der Waals surface area contributed by atoms with Crippen LogP contribution in [0.3, 0.4) is 0 Å². The Kier molecular flexibility index (Phi) is 4.53. The van der Waals surface area contributed by atoms with Gasteiger partial charge in [-0.2, -0.15) is 5.10 Å². The van der Waals surface area contributed by atoms with Gasteiger partial charge in [-0.05, 0) is 25.5 Å². The molecule has 0 atom stereocenters. The summed E-state index contributed by atoms with van der Waals surface area (Å²) in [5.41, 5.74) is 3.54. The molecule has 0 aliphatic carbocycles. The van der Waals surface area contributed by atoms with E-state index in [1.165, 1.54) is 5.56 Å². The first-order valence-corrected chi connectivity index (χ1v) is 6.70. The molecular weight excluding hydrogens is 254 g/mol. The van der Waals surface area contributed by atoms with Gasteiger partial charge in [0.05, 0.1) is 29.7 Å². The smallest absolute Gasteiger partial charge is 0.254 e. The summed E-state index contributed by atoms with van der Waals surface area (Å²) < 4.78 is 1.79. The van der Waals surface area contributed by atoms with E-state index < -0.39 is 0 Å². The van der Waals surface area contributed by atoms with E-state index in [0.29, 0.717) is 12.0 Å². The zero-order valence-corrected chi connectivity index (χ0v) is 11.8. The maximum Gasteiger partial charge on any atom is 0.254 e. The molecule has 0 aliphatic heterocycles. The van der Waals surface area contributed by atoms with Crippen molar-refractivity contribution in [2.24, 2.45) is 0 Å². The van der Waals surface area contributed by atoms with Crippen LogP contribution in [0.2, 0.25) is 0 Å². The fourth-order valence-electron chi connectivity index (χ4n) is 2.08. The van der Waals surface area contributed by atoms with E-state index in [-0.39, 0.29) is 19.1 Å². The Bertz CT molecular complexity index is 588. The maximum absolute atomic E-state index is 12.0. The van der Waals surface area contributed by atoms with Gasteiger partial charge in [0, 0.05) is 6.54 Å². The van der Waals surface area contributed by atoms with Gasteiger partial charge in [-0.3, -0.25) is 4.79 Å². The second-order valence-corrected chi connectivity index (χ2v) is 4.59. The summed E-state index contributed by atoms with van der Waals surface area (Å²) in [6, 6.07) is 8.00. The first-order chi connectivity index (χ1) is 9.67. The number of aromatic nitrogens is 2. The molecule has 5 heteroatoms. The second kappa shape index (κ2) is 6.34. The summed E-state index contributed by atoms with van der Waals surface area (Å²) in [6.45, 7) is 4.20. The normalized spacial score (nSPS) is 10.6. The van der Waals surface area contributed by atoms with Crippen LogP contribution in [0.1, 0.15) is 28.5 Å². The van der Waals surface area contributed by atoms with Crippen LogP contribution in [0.15, 0.2) is 30.5 Å². The average Bonchev–Trinajstić information content (AvgIpc) is 2.89. The molecule has 1 aromatic carbocycles. The number of carbonyl (C=O) groups excluding carboxylic acids is 1. The molecule has 2 rings (SSSR count). The van der Waals surface area contributed by atoms with Gasteiger partial charge in [0.2, 0.25) is 0 Å². The van der Waals surface area contributed by atoms with Crippen LogP contribution < -0.4 is 5.32 Å². The molecule has 0 bridgehead atoms. The molecule has 0 unspecified atom stereocenters. The molecule has 106 valence electrons. The number of nitrogens with zero attached hydrogens (tertiary/aromatic N) is 2. The summed E-state index contributed by atoms with van der Waals surface area (Å²) in [4.78, 5) is 12.0. The molecule has 0 fully saturated rings. The van der Waals surface area contributed by atoms with Crippen LogP contribution in [-0.4, -0.2) is 33.9 Å². The van der Waals surface area contributed by atoms with Crippen LogP contribution in [0.5, 0.6) is 0 Å². The lowest BCUT2D eigenvalue weighted by molar-refractivity contribution is 0.0944. The summed E-state index contributed by atoms with van der Waals surface area (Å²) in [5.74, 6) is -0.200. The number of carbonyl (C=O) groups is 1. The van der Waals surface area contributed by atoms with Crippen molar-refractivity contribution in [1.82, 2.24) is 15.1 Å². The fourth-order valence-corrected chi connectivity index (χ4v) is 2.08. The number of amides is 1. The predicted octanol–water partition coefficient (Wildman–Crippen LogP) is 1.47. The Labute approximate surface area is 118 Å². The van der Waals surface area contributed by atoms with E-state index in [0.717, 1.165) is 11.4 Å². The molecule has 20 heavy (non-hydrogen) atoms. The molecule has 0 saturated heterocycles. The number of hydrogen-bond acceptors (Lipinski definition) is 3. The van der Waals surface area contributed by atoms with Crippen LogP contribution >= 0.6 is 0 Å². The van der Waals surface area contributed by atoms with Gasteiger partial charge in [-0.25, -0.2) is 4.68 Å². The Morgan fingerprint density at radius 1 is 1.35 bits per heavy atom. The van der Waals surface area contributed by atoms with Gasteiger partial charge in [0.15, 0.2) is 0 Å². The lowest BCUT2D eigenvalue weighted by Crippen LogP contribution is -2.27. The maximum atomic E-state index is 12.0. The molecule has 0 aliphatic rings. The molecule has 2 aromatic rings. The van der Waals surface area contributed by atoms with Crippen molar-refractivity contribution in [3.05, 3.63) is 47.3 Å². The number of hydrogen-bond donors (Lipinski definition) is 2. The standard InChI is InChI=1S/C15H19N3O2/c1-3-14-13(15(20)16-8-9-19)10-17-18(14)12-6-4-11(2)5-7-12/h4-7,10,19H,3,8-9H2,1-2H3,(H,16,20). The molecular formula is C15H19N3O2. The lowest BCUT2D eigenvalue weighted by atomic mass is 10.1. The van der Waals surface area contributed by atoms with Crippen molar-refractivity contribution in [2.75, 3.05) is 13.2 Å². The minimum atomic E-state index is -0.200. The Hall–Kier alpha value is -2.14. The van der Waals surface area contributed by atoms with E-state index in [2.05, 4.69) is 10.4 Å².